The third-order valence-corrected chi connectivity index (χ3v) is 7.32. The fourth-order valence-corrected chi connectivity index (χ4v) is 5.51. The first-order valence-corrected chi connectivity index (χ1v) is 12.4. The molecule has 5 heteroatoms. The molecule has 0 saturated carbocycles. The highest BCUT2D eigenvalue weighted by molar-refractivity contribution is 5.94. The van der Waals surface area contributed by atoms with E-state index in [0.717, 1.165) is 30.5 Å². The Bertz CT molecular complexity index is 1180. The van der Waals surface area contributed by atoms with Crippen molar-refractivity contribution in [2.75, 3.05) is 26.2 Å². The van der Waals surface area contributed by atoms with Crippen molar-refractivity contribution in [2.24, 2.45) is 0 Å². The van der Waals surface area contributed by atoms with E-state index in [4.69, 9.17) is 0 Å². The van der Waals surface area contributed by atoms with Crippen LogP contribution >= 0.6 is 0 Å². The highest BCUT2D eigenvalue weighted by Crippen LogP contribution is 2.42. The molecule has 0 aliphatic carbocycles. The molecule has 5 rings (SSSR count). The van der Waals surface area contributed by atoms with Gasteiger partial charge in [0.15, 0.2) is 0 Å². The second-order valence-electron chi connectivity index (χ2n) is 9.46. The lowest BCUT2D eigenvalue weighted by Crippen LogP contribution is -2.67. The van der Waals surface area contributed by atoms with Gasteiger partial charge in [-0.05, 0) is 54.3 Å². The standard InChI is InChI=1S/C30H31FN2O2/c31-26-10-6-9-25(19-26)30(35)32-17-4-5-18-33-27(20-32)29(28(33)21-34)24-15-13-23(14-16-24)12-11-22-7-2-1-3-8-22/h1-3,6-16,19,27-29,34H,4-5,17-18,20-21H2/b12-11+/t27-,28-,29+/m0/s1. The van der Waals surface area contributed by atoms with Crippen molar-refractivity contribution < 1.29 is 14.3 Å². The largest absolute Gasteiger partial charge is 0.395 e. The highest BCUT2D eigenvalue weighted by atomic mass is 19.1. The predicted octanol–water partition coefficient (Wildman–Crippen LogP) is 5.06. The summed E-state index contributed by atoms with van der Waals surface area (Å²) in [7, 11) is 0. The number of rotatable bonds is 5. The molecule has 1 amide bonds. The summed E-state index contributed by atoms with van der Waals surface area (Å²) in [5, 5.41) is 10.2. The van der Waals surface area contributed by atoms with Gasteiger partial charge in [0.1, 0.15) is 5.82 Å². The van der Waals surface area contributed by atoms with E-state index in [2.05, 4.69) is 53.5 Å². The Morgan fingerprint density at radius 3 is 2.34 bits per heavy atom. The number of benzene rings is 3. The molecule has 35 heavy (non-hydrogen) atoms. The summed E-state index contributed by atoms with van der Waals surface area (Å²) in [6.45, 7) is 2.26. The van der Waals surface area contributed by atoms with Gasteiger partial charge in [0, 0.05) is 36.7 Å². The molecular formula is C30H31FN2O2. The molecule has 2 aliphatic heterocycles. The maximum atomic E-state index is 13.7. The number of hydrogen-bond donors (Lipinski definition) is 1. The van der Waals surface area contributed by atoms with Crippen molar-refractivity contribution in [1.29, 1.82) is 0 Å². The summed E-state index contributed by atoms with van der Waals surface area (Å²) >= 11 is 0. The van der Waals surface area contributed by atoms with Crippen LogP contribution in [0.25, 0.3) is 12.2 Å². The Kier molecular flexibility index (Phi) is 7.07. The van der Waals surface area contributed by atoms with E-state index in [0.29, 0.717) is 18.7 Å². The normalized spacial score (nSPS) is 22.8. The van der Waals surface area contributed by atoms with Gasteiger partial charge in [0.05, 0.1) is 6.61 Å². The Labute approximate surface area is 206 Å². The average Bonchev–Trinajstić information content (AvgIpc) is 2.87. The van der Waals surface area contributed by atoms with E-state index in [-0.39, 0.29) is 30.5 Å². The van der Waals surface area contributed by atoms with E-state index >= 15 is 0 Å². The second-order valence-corrected chi connectivity index (χ2v) is 9.46. The lowest BCUT2D eigenvalue weighted by atomic mass is 9.74. The lowest BCUT2D eigenvalue weighted by molar-refractivity contribution is -0.0606. The summed E-state index contributed by atoms with van der Waals surface area (Å²) in [5.74, 6) is -0.375. The molecule has 1 N–H and O–H groups in total. The summed E-state index contributed by atoms with van der Waals surface area (Å²) in [6, 6.07) is 24.9. The van der Waals surface area contributed by atoms with Gasteiger partial charge in [0.25, 0.3) is 5.91 Å². The van der Waals surface area contributed by atoms with Gasteiger partial charge in [-0.25, -0.2) is 4.39 Å². The van der Waals surface area contributed by atoms with E-state index < -0.39 is 5.82 Å². The average molecular weight is 471 g/mol. The van der Waals surface area contributed by atoms with Crippen molar-refractivity contribution in [1.82, 2.24) is 9.80 Å². The number of aliphatic hydroxyl groups is 1. The van der Waals surface area contributed by atoms with Crippen molar-refractivity contribution in [3.63, 3.8) is 0 Å². The third-order valence-electron chi connectivity index (χ3n) is 7.32. The molecule has 0 aromatic heterocycles. The summed E-state index contributed by atoms with van der Waals surface area (Å²) in [5.41, 5.74) is 3.85. The Hall–Kier alpha value is -3.28. The van der Waals surface area contributed by atoms with Gasteiger partial charge >= 0.3 is 0 Å². The van der Waals surface area contributed by atoms with Crippen LogP contribution in [0.3, 0.4) is 0 Å². The number of hydrogen-bond acceptors (Lipinski definition) is 3. The van der Waals surface area contributed by atoms with Crippen LogP contribution in [0.2, 0.25) is 0 Å². The van der Waals surface area contributed by atoms with E-state index in [9.17, 15) is 14.3 Å². The predicted molar refractivity (Wildman–Crippen MR) is 137 cm³/mol. The van der Waals surface area contributed by atoms with Gasteiger partial charge in [-0.1, -0.05) is 72.8 Å². The van der Waals surface area contributed by atoms with Gasteiger partial charge in [-0.3, -0.25) is 9.69 Å². The lowest BCUT2D eigenvalue weighted by Gasteiger charge is -2.57. The first-order chi connectivity index (χ1) is 17.1. The van der Waals surface area contributed by atoms with Gasteiger partial charge in [-0.15, -0.1) is 0 Å². The first-order valence-electron chi connectivity index (χ1n) is 12.4. The Morgan fingerprint density at radius 2 is 1.63 bits per heavy atom. The van der Waals surface area contributed by atoms with Crippen molar-refractivity contribution in [3.05, 3.63) is 107 Å². The third kappa shape index (κ3) is 5.07. The van der Waals surface area contributed by atoms with Crippen molar-refractivity contribution in [2.45, 2.75) is 30.8 Å². The number of aliphatic hydroxyl groups excluding tert-OH is 1. The van der Waals surface area contributed by atoms with E-state index in [1.54, 1.807) is 12.1 Å². The minimum atomic E-state index is -0.396. The zero-order chi connectivity index (χ0) is 24.2. The van der Waals surface area contributed by atoms with Crippen LogP contribution in [-0.2, 0) is 0 Å². The zero-order valence-electron chi connectivity index (χ0n) is 19.8. The number of amides is 1. The molecule has 180 valence electrons. The fraction of sp³-hybridized carbons (Fsp3) is 0.300. The second kappa shape index (κ2) is 10.5. The van der Waals surface area contributed by atoms with Gasteiger partial charge in [0.2, 0.25) is 0 Å². The number of fused-ring (bicyclic) bond motifs is 1. The molecule has 2 aliphatic rings. The summed E-state index contributed by atoms with van der Waals surface area (Å²) in [4.78, 5) is 17.4. The minimum absolute atomic E-state index is 0.0509. The molecule has 4 nitrogen and oxygen atoms in total. The molecule has 0 spiro atoms. The fourth-order valence-electron chi connectivity index (χ4n) is 5.51. The SMILES string of the molecule is O=C(c1cccc(F)c1)N1CCCCN2[C@@H](CO)[C@H](c3ccc(/C=C/c4ccccc4)cc3)[C@@H]2C1. The smallest absolute Gasteiger partial charge is 0.254 e. The molecule has 2 fully saturated rings. The molecule has 2 heterocycles. The van der Waals surface area contributed by atoms with Crippen molar-refractivity contribution >= 4 is 18.1 Å². The zero-order valence-corrected chi connectivity index (χ0v) is 19.8. The molecule has 3 aromatic carbocycles. The van der Waals surface area contributed by atoms with Crippen LogP contribution < -0.4 is 0 Å². The number of nitrogens with zero attached hydrogens (tertiary/aromatic N) is 2. The van der Waals surface area contributed by atoms with Crippen molar-refractivity contribution in [3.8, 4) is 0 Å². The molecule has 0 bridgehead atoms. The van der Waals surface area contributed by atoms with Gasteiger partial charge in [-0.2, -0.15) is 0 Å². The Morgan fingerprint density at radius 1 is 0.914 bits per heavy atom. The molecule has 2 saturated heterocycles. The molecule has 3 atom stereocenters. The topological polar surface area (TPSA) is 43.8 Å². The van der Waals surface area contributed by atoms with Gasteiger partial charge < -0.3 is 10.0 Å². The van der Waals surface area contributed by atoms with Crippen LogP contribution in [-0.4, -0.2) is 59.1 Å². The summed E-state index contributed by atoms with van der Waals surface area (Å²) in [6.07, 6.45) is 6.07. The highest BCUT2D eigenvalue weighted by Gasteiger charge is 2.49. The van der Waals surface area contributed by atoms with Crippen LogP contribution in [0.5, 0.6) is 0 Å². The van der Waals surface area contributed by atoms with Crippen LogP contribution in [0.4, 0.5) is 4.39 Å². The maximum Gasteiger partial charge on any atom is 0.254 e. The minimum Gasteiger partial charge on any atom is -0.395 e. The van der Waals surface area contributed by atoms with Crippen LogP contribution in [0.1, 0.15) is 45.8 Å². The maximum absolute atomic E-state index is 13.7. The molecule has 0 unspecified atom stereocenters. The van der Waals surface area contributed by atoms with E-state index in [1.165, 1.54) is 17.7 Å². The Balaban J connectivity index is 1.34. The molecular weight excluding hydrogens is 439 g/mol. The van der Waals surface area contributed by atoms with Crippen LogP contribution in [0.15, 0.2) is 78.9 Å². The molecule has 3 aromatic rings. The quantitative estimate of drug-likeness (QED) is 0.530. The summed E-state index contributed by atoms with van der Waals surface area (Å²) < 4.78 is 13.7. The van der Waals surface area contributed by atoms with Crippen LogP contribution in [0, 0.1) is 5.82 Å². The number of carbonyl (C=O) groups excluding carboxylic acids is 1. The monoisotopic (exact) mass is 470 g/mol. The number of halogens is 1. The number of carbonyl (C=O) groups is 1. The molecule has 0 radical (unpaired) electrons. The van der Waals surface area contributed by atoms with E-state index in [1.807, 2.05) is 23.1 Å². The first kappa shape index (κ1) is 23.5.